The van der Waals surface area contributed by atoms with Crippen LogP contribution in [-0.4, -0.2) is 78.2 Å². The lowest BCUT2D eigenvalue weighted by Gasteiger charge is -2.43. The van der Waals surface area contributed by atoms with E-state index in [1.54, 1.807) is 29.0 Å². The van der Waals surface area contributed by atoms with Crippen molar-refractivity contribution in [1.82, 2.24) is 34.1 Å². The summed E-state index contributed by atoms with van der Waals surface area (Å²) in [4.78, 5) is 36.0. The monoisotopic (exact) mass is 431 g/mol. The number of fused-ring (bicyclic) bond motifs is 1. The first-order valence-corrected chi connectivity index (χ1v) is 10.3. The lowest BCUT2D eigenvalue weighted by Crippen LogP contribution is -2.60. The van der Waals surface area contributed by atoms with Gasteiger partial charge in [-0.1, -0.05) is 0 Å². The van der Waals surface area contributed by atoms with E-state index in [-0.39, 0.29) is 36.4 Å². The van der Waals surface area contributed by atoms with Gasteiger partial charge in [-0.3, -0.25) is 19.5 Å². The van der Waals surface area contributed by atoms with Gasteiger partial charge < -0.3 is 9.47 Å². The normalized spacial score (nSPS) is 19.3. The Kier molecular flexibility index (Phi) is 4.47. The Labute approximate surface area is 176 Å². The van der Waals surface area contributed by atoms with E-state index in [9.17, 15) is 18.4 Å². The summed E-state index contributed by atoms with van der Waals surface area (Å²) >= 11 is 0. The van der Waals surface area contributed by atoms with Crippen LogP contribution >= 0.6 is 0 Å². The average molecular weight is 431 g/mol. The third kappa shape index (κ3) is 3.23. The number of likely N-dealkylation sites (tertiary alicyclic amines) is 2. The molecule has 5 heterocycles. The van der Waals surface area contributed by atoms with E-state index in [0.717, 1.165) is 0 Å². The Morgan fingerprint density at radius 1 is 1.35 bits per heavy atom. The lowest BCUT2D eigenvalue weighted by molar-refractivity contribution is -0.00874. The number of nitrogens with zero attached hydrogens (tertiary/aromatic N) is 6. The van der Waals surface area contributed by atoms with Gasteiger partial charge in [-0.15, -0.1) is 0 Å². The highest BCUT2D eigenvalue weighted by Crippen LogP contribution is 2.31. The number of H-pyrrole nitrogens is 1. The Morgan fingerprint density at radius 2 is 2.13 bits per heavy atom. The minimum Gasteiger partial charge on any atom is -0.335 e. The number of hydrogen-bond acceptors (Lipinski definition) is 5. The van der Waals surface area contributed by atoms with Crippen LogP contribution in [0, 0.1) is 6.92 Å². The number of aromatic amines is 1. The molecule has 1 amide bonds. The highest BCUT2D eigenvalue weighted by molar-refractivity contribution is 5.95. The molecule has 5 rings (SSSR count). The maximum absolute atomic E-state index is 13.4. The zero-order valence-corrected chi connectivity index (χ0v) is 17.3. The van der Waals surface area contributed by atoms with E-state index in [4.69, 9.17) is 0 Å². The van der Waals surface area contributed by atoms with Gasteiger partial charge >= 0.3 is 0 Å². The molecule has 0 aromatic carbocycles. The maximum Gasteiger partial charge on any atom is 0.261 e. The number of nitrogens with one attached hydrogen (secondary N) is 1. The first-order chi connectivity index (χ1) is 14.8. The average Bonchev–Trinajstić information content (AvgIpc) is 3.37. The van der Waals surface area contributed by atoms with E-state index < -0.39 is 5.92 Å². The van der Waals surface area contributed by atoms with Gasteiger partial charge in [0.15, 0.2) is 0 Å². The van der Waals surface area contributed by atoms with Crippen LogP contribution in [-0.2, 0) is 6.54 Å². The molecule has 2 aliphatic heterocycles. The van der Waals surface area contributed by atoms with Crippen molar-refractivity contribution < 1.29 is 13.6 Å². The Morgan fingerprint density at radius 3 is 2.81 bits per heavy atom. The molecule has 0 radical (unpaired) electrons. The summed E-state index contributed by atoms with van der Waals surface area (Å²) < 4.78 is 30.2. The molecule has 2 saturated heterocycles. The third-order valence-corrected chi connectivity index (χ3v) is 6.26. The molecule has 2 aliphatic rings. The van der Waals surface area contributed by atoms with Gasteiger partial charge in [-0.2, -0.15) is 10.1 Å². The molecule has 0 bridgehead atoms. The van der Waals surface area contributed by atoms with E-state index >= 15 is 0 Å². The van der Waals surface area contributed by atoms with Crippen LogP contribution < -0.4 is 5.56 Å². The molecular weight excluding hydrogens is 408 g/mol. The lowest BCUT2D eigenvalue weighted by atomic mass is 10.1. The summed E-state index contributed by atoms with van der Waals surface area (Å²) in [5.74, 6) is -2.60. The van der Waals surface area contributed by atoms with E-state index in [1.165, 1.54) is 10.9 Å². The minimum atomic E-state index is -2.63. The van der Waals surface area contributed by atoms with Crippen molar-refractivity contribution in [2.45, 2.75) is 38.8 Å². The van der Waals surface area contributed by atoms with Crippen molar-refractivity contribution in [3.8, 4) is 5.95 Å². The molecule has 3 aromatic rings. The first-order valence-electron chi connectivity index (χ1n) is 10.3. The van der Waals surface area contributed by atoms with Gasteiger partial charge in [-0.25, -0.2) is 13.5 Å². The summed E-state index contributed by atoms with van der Waals surface area (Å²) in [7, 11) is 0. The van der Waals surface area contributed by atoms with E-state index in [1.807, 2.05) is 11.5 Å². The molecule has 9 nitrogen and oxygen atoms in total. The fourth-order valence-corrected chi connectivity index (χ4v) is 4.35. The van der Waals surface area contributed by atoms with Crippen molar-refractivity contribution in [2.24, 2.45) is 0 Å². The molecule has 2 fully saturated rings. The number of aryl methyl sites for hydroxylation is 1. The van der Waals surface area contributed by atoms with E-state index in [0.29, 0.717) is 48.5 Å². The molecule has 11 heteroatoms. The molecule has 0 unspecified atom stereocenters. The fraction of sp³-hybridized carbons (Fsp3) is 0.500. The van der Waals surface area contributed by atoms with Crippen LogP contribution in [0.2, 0.25) is 0 Å². The fourth-order valence-electron chi connectivity index (χ4n) is 4.35. The Hall–Kier alpha value is -3.08. The second kappa shape index (κ2) is 6.98. The largest absolute Gasteiger partial charge is 0.335 e. The molecule has 0 spiro atoms. The first kappa shape index (κ1) is 19.9. The number of carbonyl (C=O) groups excluding carboxylic acids is 1. The second-order valence-electron chi connectivity index (χ2n) is 8.22. The number of halogens is 2. The molecular formula is C20H23F2N7O2. The highest BCUT2D eigenvalue weighted by Gasteiger charge is 2.45. The number of hydrogen-bond donors (Lipinski definition) is 1. The number of amides is 1. The van der Waals surface area contributed by atoms with Crippen LogP contribution in [0.5, 0.6) is 0 Å². The molecule has 31 heavy (non-hydrogen) atoms. The van der Waals surface area contributed by atoms with Gasteiger partial charge in [0.2, 0.25) is 5.95 Å². The van der Waals surface area contributed by atoms with Crippen LogP contribution in [0.15, 0.2) is 23.3 Å². The third-order valence-electron chi connectivity index (χ3n) is 6.26. The zero-order chi connectivity index (χ0) is 21.9. The van der Waals surface area contributed by atoms with Crippen LogP contribution in [0.1, 0.15) is 29.4 Å². The summed E-state index contributed by atoms with van der Waals surface area (Å²) in [6, 6.07) is 1.69. The molecule has 0 saturated carbocycles. The van der Waals surface area contributed by atoms with Crippen molar-refractivity contribution in [3.05, 3.63) is 40.1 Å². The van der Waals surface area contributed by atoms with Crippen molar-refractivity contribution in [2.75, 3.05) is 26.2 Å². The van der Waals surface area contributed by atoms with Gasteiger partial charge in [0.1, 0.15) is 5.65 Å². The van der Waals surface area contributed by atoms with Gasteiger partial charge in [0, 0.05) is 44.8 Å². The van der Waals surface area contributed by atoms with Gasteiger partial charge in [0.25, 0.3) is 17.4 Å². The number of rotatable bonds is 4. The smallest absolute Gasteiger partial charge is 0.261 e. The Bertz CT molecular complexity index is 1220. The zero-order valence-electron chi connectivity index (χ0n) is 17.3. The summed E-state index contributed by atoms with van der Waals surface area (Å²) in [6.45, 7) is 5.33. The Balaban J connectivity index is 1.36. The summed E-state index contributed by atoms with van der Waals surface area (Å²) in [5.41, 5.74) is 1.23. The summed E-state index contributed by atoms with van der Waals surface area (Å²) in [5, 5.41) is 4.76. The van der Waals surface area contributed by atoms with Crippen LogP contribution in [0.25, 0.3) is 17.0 Å². The number of carbonyl (C=O) groups is 1. The molecule has 164 valence electrons. The van der Waals surface area contributed by atoms with Gasteiger partial charge in [-0.05, 0) is 19.9 Å². The number of alkyl halides is 2. The minimum absolute atomic E-state index is 0.0325. The molecule has 3 aromatic heterocycles. The maximum atomic E-state index is 13.4. The highest BCUT2D eigenvalue weighted by atomic mass is 19.3. The molecule has 1 N–H and O–H groups in total. The predicted molar refractivity (Wildman–Crippen MR) is 109 cm³/mol. The van der Waals surface area contributed by atoms with Gasteiger partial charge in [0.05, 0.1) is 29.4 Å². The second-order valence-corrected chi connectivity index (χ2v) is 8.22. The molecule has 0 aliphatic carbocycles. The topological polar surface area (TPSA) is 92.0 Å². The van der Waals surface area contributed by atoms with Crippen LogP contribution in [0.3, 0.4) is 0 Å². The summed E-state index contributed by atoms with van der Waals surface area (Å²) in [6.07, 6.45) is 3.14. The van der Waals surface area contributed by atoms with Crippen molar-refractivity contribution in [3.63, 3.8) is 0 Å². The van der Waals surface area contributed by atoms with E-state index in [2.05, 4.69) is 15.1 Å². The standard InChI is InChI=1S/C20H23F2N7O2/c1-3-26-6-4-14-16(26)24-19(25-17(14)30)29-12(2)15(8-23-29)18(31)28-9-13(10-28)27-7-5-20(21,22)11-27/h4,6,8,13H,3,5,7,9-11H2,1-2H3,(H,24,25,30). The predicted octanol–water partition coefficient (Wildman–Crippen LogP) is 1.40. The van der Waals surface area contributed by atoms with Crippen molar-refractivity contribution in [1.29, 1.82) is 0 Å². The molecule has 0 atom stereocenters. The van der Waals surface area contributed by atoms with Crippen molar-refractivity contribution >= 4 is 16.9 Å². The SMILES string of the molecule is CCn1ccc2c(=O)[nH]c(-n3ncc(C(=O)N4CC(N5CCC(F)(F)C5)C4)c3C)nc21. The quantitative estimate of drug-likeness (QED) is 0.674. The number of aromatic nitrogens is 5. The van der Waals surface area contributed by atoms with Crippen LogP contribution in [0.4, 0.5) is 8.78 Å².